The Bertz CT molecular complexity index is 2600. The minimum absolute atomic E-state index is 0.00862. The zero-order valence-corrected chi connectivity index (χ0v) is 72.1. The van der Waals surface area contributed by atoms with Crippen molar-refractivity contribution in [3.63, 3.8) is 0 Å². The van der Waals surface area contributed by atoms with Crippen LogP contribution in [0.2, 0.25) is 0 Å². The van der Waals surface area contributed by atoms with Gasteiger partial charge >= 0.3 is 18.1 Å². The monoisotopic (exact) mass is 1570 g/mol. The second kappa shape index (κ2) is 64.7. The molecule has 642 valence electrons. The number of rotatable bonds is 72. The molecule has 5 aliphatic rings. The van der Waals surface area contributed by atoms with Crippen molar-refractivity contribution in [3.8, 4) is 0 Å². The van der Waals surface area contributed by atoms with Crippen LogP contribution in [0, 0.1) is 47.3 Å². The Morgan fingerprint density at radius 3 is 0.955 bits per heavy atom. The third-order valence-electron chi connectivity index (χ3n) is 25.0. The van der Waals surface area contributed by atoms with Crippen molar-refractivity contribution in [2.24, 2.45) is 47.3 Å². The van der Waals surface area contributed by atoms with E-state index >= 15 is 0 Å². The minimum Gasteiger partial charge on any atom is -0.355 e. The average Bonchev–Trinajstić information content (AvgIpc) is 1.54. The largest absolute Gasteiger partial charge is 0.355 e. The van der Waals surface area contributed by atoms with Gasteiger partial charge in [-0.15, -0.1) is 0 Å². The van der Waals surface area contributed by atoms with Crippen molar-refractivity contribution in [1.29, 1.82) is 0 Å². The fraction of sp³-hybridized carbons (Fsp3) is 0.839. The van der Waals surface area contributed by atoms with Crippen LogP contribution in [-0.4, -0.2) is 179 Å². The lowest BCUT2D eigenvalue weighted by molar-refractivity contribution is -0.122. The molecule has 0 aromatic heterocycles. The molecular formula is C93H168N12O7. The van der Waals surface area contributed by atoms with Gasteiger partial charge in [0, 0.05) is 143 Å². The van der Waals surface area contributed by atoms with Crippen molar-refractivity contribution >= 4 is 41.7 Å². The van der Waals surface area contributed by atoms with Gasteiger partial charge in [0.1, 0.15) is 0 Å². The van der Waals surface area contributed by atoms with Crippen molar-refractivity contribution in [1.82, 2.24) is 62.1 Å². The molecule has 19 heteroatoms. The molecule has 0 aromatic rings. The third-order valence-corrected chi connectivity index (χ3v) is 25.0. The maximum atomic E-state index is 13.4. The Morgan fingerprint density at radius 1 is 0.321 bits per heavy atom. The van der Waals surface area contributed by atoms with E-state index in [4.69, 9.17) is 0 Å². The number of nitrogens with one attached hydrogen (secondary N) is 8. The summed E-state index contributed by atoms with van der Waals surface area (Å²) in [5, 5.41) is 24.7. The highest BCUT2D eigenvalue weighted by Crippen LogP contribution is 2.46. The van der Waals surface area contributed by atoms with Crippen LogP contribution < -0.4 is 42.5 Å². The molecule has 8 atom stereocenters. The summed E-state index contributed by atoms with van der Waals surface area (Å²) in [6, 6.07) is 0.00264. The highest BCUT2D eigenvalue weighted by Gasteiger charge is 2.37. The zero-order chi connectivity index (χ0) is 80.0. The number of carbonyl (C=O) groups is 7. The maximum Gasteiger partial charge on any atom is 0.320 e. The van der Waals surface area contributed by atoms with Gasteiger partial charge in [-0.1, -0.05) is 256 Å². The number of unbranched alkanes of at least 4 members (excludes halogenated alkanes) is 28. The number of amides is 10. The van der Waals surface area contributed by atoms with Crippen LogP contribution in [0.3, 0.4) is 0 Å². The van der Waals surface area contributed by atoms with Gasteiger partial charge in [-0.25, -0.2) is 14.4 Å². The second-order valence-corrected chi connectivity index (χ2v) is 34.0. The van der Waals surface area contributed by atoms with Crippen LogP contribution in [0.5, 0.6) is 0 Å². The van der Waals surface area contributed by atoms with Crippen LogP contribution in [0.25, 0.3) is 0 Å². The first kappa shape index (κ1) is 97.1. The molecule has 3 saturated heterocycles. The summed E-state index contributed by atoms with van der Waals surface area (Å²) in [5.41, 5.74) is 0. The quantitative estimate of drug-likeness (QED) is 0.0214. The van der Waals surface area contributed by atoms with Gasteiger partial charge in [-0.05, 0) is 150 Å². The van der Waals surface area contributed by atoms with E-state index in [1.165, 1.54) is 218 Å². The third kappa shape index (κ3) is 44.1. The van der Waals surface area contributed by atoms with E-state index in [-0.39, 0.29) is 41.7 Å². The molecule has 2 aliphatic carbocycles. The molecule has 8 N–H and O–H groups in total. The van der Waals surface area contributed by atoms with Crippen molar-refractivity contribution < 1.29 is 33.6 Å². The standard InChI is InChI=1S/C93H168N12O7/c1-5-9-13-17-25-37-49-83-79(45-33-15-11-7-3)58-60-82(85(83)51-39-27-21-31-42-54-88(107)97-64-62-95-66-72-103-74-70-101-92(103)111)48-36-24-20-30-43-55-89(108)98-67-75-104-77-78-105(93(104)112)76-68-99-90(109)56-44-32-22-28-40-52-86-81(59-57-80(46-34-16-12-8-4)84(86)50-38-26-18-14-10-6-2)47-35-23-19-29-41-53-87(106)96-63-61-94-65-71-102-73-69-100-91(102)110/h25-26,37-38,57-60,79-86,94-95H,5-24,27-36,39-56,61-78H2,1-4H3,(H,96,106)(H,97,107)(H,98,108)(H,99,109)(H,100,110)(H,101,111)/b37-25+,38-26+. The van der Waals surface area contributed by atoms with E-state index in [1.54, 1.807) is 0 Å². The summed E-state index contributed by atoms with van der Waals surface area (Å²) in [5.74, 6) is 5.74. The number of nitrogens with zero attached hydrogens (tertiary/aromatic N) is 4. The van der Waals surface area contributed by atoms with Gasteiger partial charge in [-0.2, -0.15) is 0 Å². The van der Waals surface area contributed by atoms with E-state index in [9.17, 15) is 33.6 Å². The molecule has 19 nitrogen and oxygen atoms in total. The van der Waals surface area contributed by atoms with Gasteiger partial charge in [0.15, 0.2) is 0 Å². The average molecular weight is 1570 g/mol. The molecule has 10 amide bonds. The number of hydrogen-bond acceptors (Lipinski definition) is 9. The van der Waals surface area contributed by atoms with Crippen LogP contribution >= 0.6 is 0 Å². The predicted molar refractivity (Wildman–Crippen MR) is 465 cm³/mol. The summed E-state index contributed by atoms with van der Waals surface area (Å²) >= 11 is 0. The fourth-order valence-electron chi connectivity index (χ4n) is 18.1. The van der Waals surface area contributed by atoms with Gasteiger partial charge in [-0.3, -0.25) is 19.2 Å². The Labute approximate surface area is 683 Å². The molecule has 0 radical (unpaired) electrons. The van der Waals surface area contributed by atoms with E-state index in [2.05, 4.69) is 119 Å². The fourth-order valence-corrected chi connectivity index (χ4v) is 18.1. The van der Waals surface area contributed by atoms with Crippen LogP contribution in [0.1, 0.15) is 336 Å². The van der Waals surface area contributed by atoms with E-state index < -0.39 is 0 Å². The number of urea groups is 3. The summed E-state index contributed by atoms with van der Waals surface area (Å²) in [7, 11) is 0. The molecule has 3 fully saturated rings. The number of allylic oxidation sites excluding steroid dienone is 8. The lowest BCUT2D eigenvalue weighted by atomic mass is 9.65. The Morgan fingerprint density at radius 2 is 0.616 bits per heavy atom. The van der Waals surface area contributed by atoms with Crippen molar-refractivity contribution in [2.45, 2.75) is 336 Å². The molecule has 0 bridgehead atoms. The Balaban J connectivity index is 0.930. The number of carbonyl (C=O) groups excluding carboxylic acids is 7. The molecule has 3 aliphatic heterocycles. The lowest BCUT2D eigenvalue weighted by Gasteiger charge is -2.40. The molecule has 112 heavy (non-hydrogen) atoms. The molecule has 0 saturated carbocycles. The smallest absolute Gasteiger partial charge is 0.320 e. The van der Waals surface area contributed by atoms with Crippen molar-refractivity contribution in [3.05, 3.63) is 48.6 Å². The molecule has 3 heterocycles. The Hall–Kier alpha value is -5.43. The van der Waals surface area contributed by atoms with Crippen LogP contribution in [0.15, 0.2) is 48.6 Å². The summed E-state index contributed by atoms with van der Waals surface area (Å²) < 4.78 is 0. The zero-order valence-electron chi connectivity index (χ0n) is 72.1. The summed E-state index contributed by atoms with van der Waals surface area (Å²) in [6.07, 6.45) is 75.8. The summed E-state index contributed by atoms with van der Waals surface area (Å²) in [4.78, 5) is 95.4. The summed E-state index contributed by atoms with van der Waals surface area (Å²) in [6.45, 7) is 20.8. The maximum absolute atomic E-state index is 13.4. The highest BCUT2D eigenvalue weighted by atomic mass is 16.2. The first-order valence-corrected chi connectivity index (χ1v) is 47.2. The van der Waals surface area contributed by atoms with Gasteiger partial charge < -0.3 is 62.1 Å². The minimum atomic E-state index is -0.0151. The van der Waals surface area contributed by atoms with Crippen LogP contribution in [0.4, 0.5) is 14.4 Å². The normalized spacial score (nSPS) is 20.5. The Kier molecular flexibility index (Phi) is 56.1. The SMILES string of the molecule is CCCCC/C=C/CC1C(CCCCCC)C=CC(CCCCCCCC(=O)NCCN2CCN(CCNC(=O)CCCCCCCC3C(CCCCCCCC(=O)NCCNCCN4CCNC4=O)C=CC(CCCCCC)C3C/C=C/CCCCC)C2=O)C1CCCCCCCC(=O)NCCNCCN1CCNC1=O. The van der Waals surface area contributed by atoms with Gasteiger partial charge in [0.2, 0.25) is 23.6 Å². The molecule has 8 unspecified atom stereocenters. The predicted octanol–water partition coefficient (Wildman–Crippen LogP) is 18.4. The number of hydrogen-bond donors (Lipinski definition) is 8. The van der Waals surface area contributed by atoms with Crippen LogP contribution in [-0.2, 0) is 19.2 Å². The van der Waals surface area contributed by atoms with Gasteiger partial charge in [0.05, 0.1) is 0 Å². The first-order valence-electron chi connectivity index (χ1n) is 47.2. The molecular weight excluding hydrogens is 1400 g/mol. The molecule has 5 rings (SSSR count). The van der Waals surface area contributed by atoms with E-state index in [0.29, 0.717) is 165 Å². The van der Waals surface area contributed by atoms with E-state index in [1.807, 2.05) is 19.6 Å². The second-order valence-electron chi connectivity index (χ2n) is 34.0. The molecule has 0 aromatic carbocycles. The molecule has 0 spiro atoms. The van der Waals surface area contributed by atoms with Gasteiger partial charge in [0.25, 0.3) is 0 Å². The highest BCUT2D eigenvalue weighted by molar-refractivity contribution is 5.79. The first-order chi connectivity index (χ1) is 55.0. The van der Waals surface area contributed by atoms with E-state index in [0.717, 1.165) is 90.4 Å². The topological polar surface area (TPSA) is 229 Å². The van der Waals surface area contributed by atoms with Crippen molar-refractivity contribution in [2.75, 3.05) is 118 Å². The lowest BCUT2D eigenvalue weighted by Crippen LogP contribution is -2.40.